The third kappa shape index (κ3) is 3.73. The van der Waals surface area contributed by atoms with Gasteiger partial charge in [-0.15, -0.1) is 0 Å². The molecule has 0 bridgehead atoms. The van der Waals surface area contributed by atoms with Gasteiger partial charge in [0.2, 0.25) is 0 Å². The molecule has 1 heterocycles. The summed E-state index contributed by atoms with van der Waals surface area (Å²) in [7, 11) is 0. The van der Waals surface area contributed by atoms with Crippen LogP contribution in [-0.4, -0.2) is 23.0 Å². The third-order valence-electron chi connectivity index (χ3n) is 7.18. The van der Waals surface area contributed by atoms with Gasteiger partial charge in [0.05, 0.1) is 17.6 Å². The summed E-state index contributed by atoms with van der Waals surface area (Å²) in [5.41, 5.74) is 14.3. The van der Waals surface area contributed by atoms with Crippen molar-refractivity contribution < 1.29 is 0 Å². The largest absolute Gasteiger partial charge is 0.365 e. The van der Waals surface area contributed by atoms with E-state index in [0.717, 1.165) is 37.0 Å². The van der Waals surface area contributed by atoms with Crippen LogP contribution in [0.15, 0.2) is 85.1 Å². The lowest BCUT2D eigenvalue weighted by molar-refractivity contribution is 0.160. The topological polar surface area (TPSA) is 53.1 Å². The second-order valence-electron chi connectivity index (χ2n) is 9.09. The van der Waals surface area contributed by atoms with Crippen molar-refractivity contribution in [2.24, 2.45) is 5.73 Å². The summed E-state index contributed by atoms with van der Waals surface area (Å²) in [5.74, 6) is 0.357. The highest BCUT2D eigenvalue weighted by atomic mass is 15.2. The molecule has 2 aromatic rings. The maximum atomic E-state index is 9.49. The lowest BCUT2D eigenvalue weighted by atomic mass is 9.79. The highest BCUT2D eigenvalue weighted by Crippen LogP contribution is 2.47. The lowest BCUT2D eigenvalue weighted by Crippen LogP contribution is -2.57. The van der Waals surface area contributed by atoms with Crippen molar-refractivity contribution in [3.05, 3.63) is 96.2 Å². The molecule has 2 aliphatic rings. The van der Waals surface area contributed by atoms with Gasteiger partial charge in [-0.3, -0.25) is 0 Å². The van der Waals surface area contributed by atoms with Gasteiger partial charge in [0, 0.05) is 23.7 Å². The van der Waals surface area contributed by atoms with Crippen LogP contribution in [-0.2, 0) is 0 Å². The number of allylic oxidation sites excluding steroid dienone is 1. The minimum atomic E-state index is -0.457. The molecule has 3 nitrogen and oxygen atoms in total. The van der Waals surface area contributed by atoms with Gasteiger partial charge < -0.3 is 10.6 Å². The number of benzene rings is 2. The van der Waals surface area contributed by atoms with Crippen molar-refractivity contribution >= 4 is 0 Å². The maximum Gasteiger partial charge on any atom is 0.0962 e. The zero-order valence-corrected chi connectivity index (χ0v) is 18.4. The van der Waals surface area contributed by atoms with Crippen LogP contribution < -0.4 is 5.73 Å². The molecule has 2 N–H and O–H groups in total. The van der Waals surface area contributed by atoms with Gasteiger partial charge in [0.15, 0.2) is 0 Å². The molecule has 158 valence electrons. The van der Waals surface area contributed by atoms with Gasteiger partial charge in [-0.05, 0) is 54.9 Å². The molecule has 0 saturated carbocycles. The molecule has 31 heavy (non-hydrogen) atoms. The molecule has 1 aliphatic heterocycles. The summed E-state index contributed by atoms with van der Waals surface area (Å²) in [5, 5.41) is 9.49. The van der Waals surface area contributed by atoms with E-state index in [-0.39, 0.29) is 6.04 Å². The summed E-state index contributed by atoms with van der Waals surface area (Å²) >= 11 is 0. The van der Waals surface area contributed by atoms with E-state index in [2.05, 4.69) is 79.2 Å². The molecular formula is C28H31N3. The molecule has 0 spiro atoms. The average Bonchev–Trinajstić information content (AvgIpc) is 3.10. The van der Waals surface area contributed by atoms with E-state index < -0.39 is 5.54 Å². The Morgan fingerprint density at radius 3 is 2.23 bits per heavy atom. The second-order valence-corrected chi connectivity index (χ2v) is 9.09. The van der Waals surface area contributed by atoms with E-state index in [1.165, 1.54) is 22.3 Å². The van der Waals surface area contributed by atoms with Gasteiger partial charge in [-0.2, -0.15) is 5.26 Å². The van der Waals surface area contributed by atoms with Crippen LogP contribution in [0.3, 0.4) is 0 Å². The first-order valence-corrected chi connectivity index (χ1v) is 11.0. The van der Waals surface area contributed by atoms with E-state index in [4.69, 9.17) is 5.73 Å². The van der Waals surface area contributed by atoms with Crippen molar-refractivity contribution in [3.8, 4) is 17.2 Å². The fourth-order valence-corrected chi connectivity index (χ4v) is 5.19. The normalized spacial score (nSPS) is 22.4. The van der Waals surface area contributed by atoms with Gasteiger partial charge >= 0.3 is 0 Å². The maximum absolute atomic E-state index is 9.49. The molecule has 1 fully saturated rings. The van der Waals surface area contributed by atoms with E-state index in [0.29, 0.717) is 18.0 Å². The van der Waals surface area contributed by atoms with E-state index in [9.17, 15) is 5.26 Å². The molecule has 3 heteroatoms. The van der Waals surface area contributed by atoms with Crippen molar-refractivity contribution in [1.82, 2.24) is 4.90 Å². The Morgan fingerprint density at radius 1 is 1.10 bits per heavy atom. The Labute approximate surface area is 186 Å². The minimum absolute atomic E-state index is 0.0309. The van der Waals surface area contributed by atoms with E-state index in [1.54, 1.807) is 0 Å². The monoisotopic (exact) mass is 409 g/mol. The molecule has 2 atom stereocenters. The second kappa shape index (κ2) is 8.21. The Balaban J connectivity index is 1.56. The average molecular weight is 410 g/mol. The van der Waals surface area contributed by atoms with Gasteiger partial charge in [0.1, 0.15) is 0 Å². The first-order valence-electron chi connectivity index (χ1n) is 11.0. The third-order valence-corrected chi connectivity index (χ3v) is 7.18. The number of nitrogens with two attached hydrogens (primary N) is 1. The number of hydrogen-bond acceptors (Lipinski definition) is 3. The highest BCUT2D eigenvalue weighted by Gasteiger charge is 2.39. The summed E-state index contributed by atoms with van der Waals surface area (Å²) in [6, 6.07) is 19.6. The number of nitrogens with zero attached hydrogens (tertiary/aromatic N) is 2. The predicted molar refractivity (Wildman–Crippen MR) is 128 cm³/mol. The molecule has 1 aliphatic carbocycles. The SMILES string of the molecule is C=C(C#N)C1CCC(N)(C(=C)C)CN1C(=C)CCC1c2ccccc2-c2ccccc21. The highest BCUT2D eigenvalue weighted by molar-refractivity contribution is 5.78. The van der Waals surface area contributed by atoms with Crippen LogP contribution in [0, 0.1) is 11.3 Å². The first-order chi connectivity index (χ1) is 14.9. The van der Waals surface area contributed by atoms with E-state index >= 15 is 0 Å². The summed E-state index contributed by atoms with van der Waals surface area (Å²) in [6.07, 6.45) is 3.42. The first kappa shape index (κ1) is 21.2. The van der Waals surface area contributed by atoms with E-state index in [1.807, 2.05) is 6.92 Å². The van der Waals surface area contributed by atoms with Crippen LogP contribution in [0.25, 0.3) is 11.1 Å². The summed E-state index contributed by atoms with van der Waals surface area (Å²) in [6.45, 7) is 15.2. The summed E-state index contributed by atoms with van der Waals surface area (Å²) in [4.78, 5) is 2.22. The van der Waals surface area contributed by atoms with Crippen molar-refractivity contribution in [3.63, 3.8) is 0 Å². The Kier molecular flexibility index (Phi) is 5.60. The molecule has 1 saturated heterocycles. The van der Waals surface area contributed by atoms with Crippen molar-refractivity contribution in [1.29, 1.82) is 5.26 Å². The number of hydrogen-bond donors (Lipinski definition) is 1. The van der Waals surface area contributed by atoms with Crippen molar-refractivity contribution in [2.45, 2.75) is 50.1 Å². The predicted octanol–water partition coefficient (Wildman–Crippen LogP) is 5.91. The number of fused-ring (bicyclic) bond motifs is 3. The quantitative estimate of drug-likeness (QED) is 0.476. The Bertz CT molecular complexity index is 1040. The Morgan fingerprint density at radius 2 is 1.68 bits per heavy atom. The Hall–Kier alpha value is -3.09. The van der Waals surface area contributed by atoms with Crippen LogP contribution in [0.5, 0.6) is 0 Å². The minimum Gasteiger partial charge on any atom is -0.365 e. The van der Waals surface area contributed by atoms with Gasteiger partial charge in [-0.25, -0.2) is 0 Å². The molecule has 0 aromatic heterocycles. The lowest BCUT2D eigenvalue weighted by Gasteiger charge is -2.47. The number of piperidine rings is 1. The number of nitriles is 1. The van der Waals surface area contributed by atoms with Crippen LogP contribution in [0.4, 0.5) is 0 Å². The molecule has 0 amide bonds. The fourth-order valence-electron chi connectivity index (χ4n) is 5.19. The van der Waals surface area contributed by atoms with Crippen LogP contribution in [0.1, 0.15) is 49.7 Å². The van der Waals surface area contributed by atoms with Gasteiger partial charge in [-0.1, -0.05) is 73.8 Å². The molecule has 2 aromatic carbocycles. The smallest absolute Gasteiger partial charge is 0.0962 e. The number of rotatable bonds is 6. The van der Waals surface area contributed by atoms with Crippen LogP contribution >= 0.6 is 0 Å². The summed E-state index contributed by atoms with van der Waals surface area (Å²) < 4.78 is 0. The number of likely N-dealkylation sites (tertiary alicyclic amines) is 1. The zero-order chi connectivity index (χ0) is 22.2. The molecule has 2 unspecified atom stereocenters. The standard InChI is InChI=1S/C28H31N3/c1-19(2)28(30)16-15-27(20(3)17-29)31(18-28)21(4)13-14-26-24-11-7-5-9-22(24)23-10-6-8-12-25(23)26/h5-12,26-27H,1,3-4,13-16,18,30H2,2H3. The molecular weight excluding hydrogens is 378 g/mol. The zero-order valence-electron chi connectivity index (χ0n) is 18.4. The van der Waals surface area contributed by atoms with Crippen LogP contribution in [0.2, 0.25) is 0 Å². The molecule has 4 rings (SSSR count). The fraction of sp³-hybridized carbons (Fsp3) is 0.321. The molecule has 0 radical (unpaired) electrons. The van der Waals surface area contributed by atoms with Crippen molar-refractivity contribution in [2.75, 3.05) is 6.54 Å². The van der Waals surface area contributed by atoms with Gasteiger partial charge in [0.25, 0.3) is 0 Å².